The Balaban J connectivity index is 1.19. The predicted molar refractivity (Wildman–Crippen MR) is 141 cm³/mol. The van der Waals surface area contributed by atoms with Crippen LogP contribution in [-0.4, -0.2) is 9.97 Å². The van der Waals surface area contributed by atoms with Crippen LogP contribution in [0.5, 0.6) is 0 Å². The molecule has 0 unspecified atom stereocenters. The van der Waals surface area contributed by atoms with Gasteiger partial charge in [0.25, 0.3) is 0 Å². The standard InChI is InChI=1S/C31H46N2/c1-3-5-7-9-11-13-15-26-21-32-29(33-22-26)27-16-18-28(19-17-27)31-23-30(24-31,25-31)20-14-12-10-8-6-4-2/h16-19,21-22H,3-15,20,23-25H2,1-2H3. The minimum atomic E-state index is 0.503. The summed E-state index contributed by atoms with van der Waals surface area (Å²) in [4.78, 5) is 9.35. The van der Waals surface area contributed by atoms with Crippen molar-refractivity contribution in [3.63, 3.8) is 0 Å². The molecule has 1 heterocycles. The third-order valence-corrected chi connectivity index (χ3v) is 8.48. The Morgan fingerprint density at radius 1 is 0.667 bits per heavy atom. The normalized spacial score (nSPS) is 23.2. The van der Waals surface area contributed by atoms with E-state index in [4.69, 9.17) is 0 Å². The number of hydrogen-bond donors (Lipinski definition) is 0. The minimum absolute atomic E-state index is 0.503. The van der Waals surface area contributed by atoms with E-state index >= 15 is 0 Å². The van der Waals surface area contributed by atoms with Gasteiger partial charge in [0, 0.05) is 18.0 Å². The molecule has 0 saturated heterocycles. The van der Waals surface area contributed by atoms with Crippen molar-refractivity contribution in [3.8, 4) is 11.4 Å². The zero-order valence-corrected chi connectivity index (χ0v) is 21.4. The van der Waals surface area contributed by atoms with E-state index in [2.05, 4.69) is 48.1 Å². The summed E-state index contributed by atoms with van der Waals surface area (Å²) in [5.41, 5.74) is 5.19. The number of unbranched alkanes of at least 4 members (excludes halogenated alkanes) is 10. The fourth-order valence-corrected chi connectivity index (χ4v) is 6.57. The maximum absolute atomic E-state index is 4.67. The maximum atomic E-state index is 4.67. The van der Waals surface area contributed by atoms with Crippen LogP contribution in [0.2, 0.25) is 0 Å². The van der Waals surface area contributed by atoms with Gasteiger partial charge in [0.1, 0.15) is 0 Å². The second-order valence-electron chi connectivity index (χ2n) is 11.3. The zero-order valence-electron chi connectivity index (χ0n) is 21.4. The van der Waals surface area contributed by atoms with E-state index in [0.717, 1.165) is 17.8 Å². The Hall–Kier alpha value is -1.70. The van der Waals surface area contributed by atoms with E-state index in [1.807, 2.05) is 12.4 Å². The van der Waals surface area contributed by atoms with Gasteiger partial charge in [-0.15, -0.1) is 0 Å². The summed E-state index contributed by atoms with van der Waals surface area (Å²) < 4.78 is 0. The van der Waals surface area contributed by atoms with Crippen molar-refractivity contribution in [2.24, 2.45) is 5.41 Å². The van der Waals surface area contributed by atoms with E-state index in [1.54, 1.807) is 5.56 Å². The van der Waals surface area contributed by atoms with Crippen LogP contribution >= 0.6 is 0 Å². The van der Waals surface area contributed by atoms with Crippen LogP contribution in [0.4, 0.5) is 0 Å². The lowest BCUT2D eigenvalue weighted by Crippen LogP contribution is -2.64. The SMILES string of the molecule is CCCCCCCCc1cnc(-c2ccc(C34CC(CCCCCCCC)(C3)C4)cc2)nc1. The van der Waals surface area contributed by atoms with Gasteiger partial charge in [-0.2, -0.15) is 0 Å². The lowest BCUT2D eigenvalue weighted by molar-refractivity contribution is -0.147. The highest BCUT2D eigenvalue weighted by atomic mass is 14.9. The van der Waals surface area contributed by atoms with E-state index in [1.165, 1.54) is 108 Å². The molecule has 2 nitrogen and oxygen atoms in total. The van der Waals surface area contributed by atoms with Gasteiger partial charge in [-0.05, 0) is 60.5 Å². The Kier molecular flexibility index (Phi) is 8.61. The van der Waals surface area contributed by atoms with Crippen LogP contribution in [0.15, 0.2) is 36.7 Å². The van der Waals surface area contributed by atoms with Gasteiger partial charge in [0.15, 0.2) is 5.82 Å². The van der Waals surface area contributed by atoms with E-state index in [9.17, 15) is 0 Å². The largest absolute Gasteiger partial charge is 0.236 e. The molecule has 0 spiro atoms. The molecule has 0 radical (unpaired) electrons. The summed E-state index contributed by atoms with van der Waals surface area (Å²) in [5, 5.41) is 0. The quantitative estimate of drug-likeness (QED) is 0.240. The highest BCUT2D eigenvalue weighted by Crippen LogP contribution is 2.75. The lowest BCUT2D eigenvalue weighted by Gasteiger charge is -2.72. The van der Waals surface area contributed by atoms with Crippen LogP contribution in [0.3, 0.4) is 0 Å². The van der Waals surface area contributed by atoms with E-state index < -0.39 is 0 Å². The zero-order chi connectivity index (χ0) is 23.0. The number of aryl methyl sites for hydroxylation is 1. The first kappa shape index (κ1) is 24.4. The van der Waals surface area contributed by atoms with E-state index in [0.29, 0.717) is 10.8 Å². The van der Waals surface area contributed by atoms with Gasteiger partial charge in [0.2, 0.25) is 0 Å². The summed E-state index contributed by atoms with van der Waals surface area (Å²) in [5.74, 6) is 0.866. The third-order valence-electron chi connectivity index (χ3n) is 8.48. The predicted octanol–water partition coefficient (Wildman–Crippen LogP) is 9.22. The van der Waals surface area contributed by atoms with Gasteiger partial charge in [-0.3, -0.25) is 0 Å². The lowest BCUT2D eigenvalue weighted by atomic mass is 9.32. The van der Waals surface area contributed by atoms with Crippen LogP contribution in [0.1, 0.15) is 128 Å². The number of rotatable bonds is 16. The van der Waals surface area contributed by atoms with Crippen molar-refractivity contribution in [1.82, 2.24) is 9.97 Å². The topological polar surface area (TPSA) is 25.8 Å². The molecule has 2 heteroatoms. The smallest absolute Gasteiger partial charge is 0.159 e. The van der Waals surface area contributed by atoms with E-state index in [-0.39, 0.29) is 0 Å². The minimum Gasteiger partial charge on any atom is -0.236 e. The molecule has 5 rings (SSSR count). The first-order chi connectivity index (χ1) is 16.2. The van der Waals surface area contributed by atoms with Crippen molar-refractivity contribution < 1.29 is 0 Å². The highest BCUT2D eigenvalue weighted by Gasteiger charge is 2.67. The molecule has 2 aromatic rings. The molecule has 0 atom stereocenters. The molecular formula is C31H46N2. The number of nitrogens with zero attached hydrogens (tertiary/aromatic N) is 2. The molecule has 33 heavy (non-hydrogen) atoms. The molecule has 1 aromatic heterocycles. The maximum Gasteiger partial charge on any atom is 0.159 e. The monoisotopic (exact) mass is 446 g/mol. The number of aromatic nitrogens is 2. The fourth-order valence-electron chi connectivity index (χ4n) is 6.57. The van der Waals surface area contributed by atoms with Gasteiger partial charge in [-0.1, -0.05) is 109 Å². The van der Waals surface area contributed by atoms with Crippen molar-refractivity contribution in [2.75, 3.05) is 0 Å². The second kappa shape index (κ2) is 11.6. The summed E-state index contributed by atoms with van der Waals surface area (Å²) in [6.45, 7) is 4.57. The molecule has 0 N–H and O–H groups in total. The van der Waals surface area contributed by atoms with Crippen LogP contribution < -0.4 is 0 Å². The van der Waals surface area contributed by atoms with Crippen molar-refractivity contribution in [2.45, 2.75) is 128 Å². The summed E-state index contributed by atoms with van der Waals surface area (Å²) in [6.07, 6.45) is 27.5. The Bertz CT molecular complexity index is 816. The molecule has 3 aliphatic rings. The molecule has 0 amide bonds. The molecule has 3 fully saturated rings. The van der Waals surface area contributed by atoms with Crippen molar-refractivity contribution >= 4 is 0 Å². The van der Waals surface area contributed by atoms with Crippen molar-refractivity contribution in [3.05, 3.63) is 47.8 Å². The second-order valence-corrected chi connectivity index (χ2v) is 11.3. The molecule has 180 valence electrons. The average molecular weight is 447 g/mol. The van der Waals surface area contributed by atoms with Crippen LogP contribution in [0, 0.1) is 5.41 Å². The molecular weight excluding hydrogens is 400 g/mol. The molecule has 3 aliphatic carbocycles. The van der Waals surface area contributed by atoms with Gasteiger partial charge in [0.05, 0.1) is 0 Å². The Labute approximate surface area is 203 Å². The first-order valence-corrected chi connectivity index (χ1v) is 14.1. The van der Waals surface area contributed by atoms with Gasteiger partial charge >= 0.3 is 0 Å². The number of benzene rings is 1. The summed E-state index contributed by atoms with van der Waals surface area (Å²) in [6, 6.07) is 9.21. The van der Waals surface area contributed by atoms with Crippen molar-refractivity contribution in [1.29, 1.82) is 0 Å². The third kappa shape index (κ3) is 6.06. The van der Waals surface area contributed by atoms with Crippen LogP contribution in [-0.2, 0) is 11.8 Å². The highest BCUT2D eigenvalue weighted by molar-refractivity contribution is 5.56. The average Bonchev–Trinajstić information content (AvgIpc) is 2.79. The fraction of sp³-hybridized carbons (Fsp3) is 0.677. The van der Waals surface area contributed by atoms with Crippen LogP contribution in [0.25, 0.3) is 11.4 Å². The molecule has 0 aliphatic heterocycles. The molecule has 2 bridgehead atoms. The first-order valence-electron chi connectivity index (χ1n) is 14.1. The molecule has 3 saturated carbocycles. The number of hydrogen-bond acceptors (Lipinski definition) is 2. The Morgan fingerprint density at radius 3 is 1.82 bits per heavy atom. The summed E-state index contributed by atoms with van der Waals surface area (Å²) in [7, 11) is 0. The summed E-state index contributed by atoms with van der Waals surface area (Å²) >= 11 is 0. The van der Waals surface area contributed by atoms with Gasteiger partial charge in [-0.25, -0.2) is 9.97 Å². The molecule has 1 aromatic carbocycles. The van der Waals surface area contributed by atoms with Gasteiger partial charge < -0.3 is 0 Å². The Morgan fingerprint density at radius 2 is 1.21 bits per heavy atom.